The first-order valence-electron chi connectivity index (χ1n) is 5.64. The molecule has 94 valence electrons. The van der Waals surface area contributed by atoms with Crippen LogP contribution < -0.4 is 5.56 Å². The predicted octanol–water partition coefficient (Wildman–Crippen LogP) is 3.72. The molecule has 19 heavy (non-hydrogen) atoms. The summed E-state index contributed by atoms with van der Waals surface area (Å²) in [5, 5.41) is 2.95. The van der Waals surface area contributed by atoms with Gasteiger partial charge in [-0.2, -0.15) is 0 Å². The van der Waals surface area contributed by atoms with Crippen molar-refractivity contribution in [1.82, 2.24) is 9.97 Å². The van der Waals surface area contributed by atoms with Crippen molar-refractivity contribution in [3.8, 4) is 0 Å². The van der Waals surface area contributed by atoms with Gasteiger partial charge in [-0.15, -0.1) is 11.3 Å². The van der Waals surface area contributed by atoms with Crippen LogP contribution >= 0.6 is 22.9 Å². The highest BCUT2D eigenvalue weighted by Gasteiger charge is 2.06. The Balaban J connectivity index is 2.13. The number of aromatic amines is 1. The second-order valence-electron chi connectivity index (χ2n) is 3.94. The molecule has 0 aliphatic carbocycles. The fourth-order valence-corrected chi connectivity index (χ4v) is 2.70. The van der Waals surface area contributed by atoms with Gasteiger partial charge in [0.15, 0.2) is 5.82 Å². The number of halogens is 1. The SMILES string of the molecule is O=c1[nH]c(/C(Cl)=C/c2cccs2)nc2ccccc12. The first-order chi connectivity index (χ1) is 9.24. The minimum absolute atomic E-state index is 0.182. The van der Waals surface area contributed by atoms with E-state index in [-0.39, 0.29) is 5.56 Å². The van der Waals surface area contributed by atoms with Crippen LogP contribution in [0.25, 0.3) is 22.0 Å². The molecule has 0 amide bonds. The van der Waals surface area contributed by atoms with E-state index < -0.39 is 0 Å². The fraction of sp³-hybridized carbons (Fsp3) is 0. The summed E-state index contributed by atoms with van der Waals surface area (Å²) in [6, 6.07) is 11.1. The van der Waals surface area contributed by atoms with E-state index in [4.69, 9.17) is 11.6 Å². The van der Waals surface area contributed by atoms with Crippen molar-refractivity contribution >= 4 is 44.9 Å². The molecule has 0 radical (unpaired) electrons. The van der Waals surface area contributed by atoms with E-state index in [1.807, 2.05) is 29.6 Å². The van der Waals surface area contributed by atoms with Gasteiger partial charge >= 0.3 is 0 Å². The first kappa shape index (κ1) is 12.1. The Morgan fingerprint density at radius 3 is 2.89 bits per heavy atom. The summed E-state index contributed by atoms with van der Waals surface area (Å²) in [6.45, 7) is 0. The van der Waals surface area contributed by atoms with Crippen LogP contribution in [-0.4, -0.2) is 9.97 Å². The number of rotatable bonds is 2. The molecule has 3 rings (SSSR count). The maximum Gasteiger partial charge on any atom is 0.259 e. The van der Waals surface area contributed by atoms with Crippen LogP contribution in [0.3, 0.4) is 0 Å². The van der Waals surface area contributed by atoms with Gasteiger partial charge in [-0.1, -0.05) is 29.8 Å². The summed E-state index contributed by atoms with van der Waals surface area (Å²) in [5.41, 5.74) is 0.456. The summed E-state index contributed by atoms with van der Waals surface area (Å²) in [7, 11) is 0. The van der Waals surface area contributed by atoms with Gasteiger partial charge in [0.2, 0.25) is 0 Å². The van der Waals surface area contributed by atoms with Crippen molar-refractivity contribution in [2.24, 2.45) is 0 Å². The lowest BCUT2D eigenvalue weighted by molar-refractivity contribution is 1.14. The topological polar surface area (TPSA) is 45.8 Å². The summed E-state index contributed by atoms with van der Waals surface area (Å²) in [6.07, 6.45) is 1.79. The maximum absolute atomic E-state index is 11.9. The zero-order valence-corrected chi connectivity index (χ0v) is 11.3. The van der Waals surface area contributed by atoms with Crippen LogP contribution in [0.4, 0.5) is 0 Å². The third-order valence-corrected chi connectivity index (χ3v) is 3.76. The van der Waals surface area contributed by atoms with E-state index in [1.165, 1.54) is 0 Å². The molecule has 3 aromatic rings. The van der Waals surface area contributed by atoms with Gasteiger partial charge in [-0.3, -0.25) is 4.79 Å². The molecule has 1 N–H and O–H groups in total. The van der Waals surface area contributed by atoms with E-state index in [1.54, 1.807) is 29.5 Å². The molecule has 2 heterocycles. The number of benzene rings is 1. The Morgan fingerprint density at radius 1 is 1.26 bits per heavy atom. The normalized spacial score (nSPS) is 11.9. The zero-order valence-electron chi connectivity index (χ0n) is 9.76. The average Bonchev–Trinajstić information content (AvgIpc) is 2.91. The first-order valence-corrected chi connectivity index (χ1v) is 6.90. The van der Waals surface area contributed by atoms with Crippen LogP contribution in [0.1, 0.15) is 10.7 Å². The quantitative estimate of drug-likeness (QED) is 0.781. The molecule has 0 saturated heterocycles. The number of hydrogen-bond donors (Lipinski definition) is 1. The molecule has 0 fully saturated rings. The van der Waals surface area contributed by atoms with Gasteiger partial charge in [-0.05, 0) is 29.7 Å². The van der Waals surface area contributed by atoms with Gasteiger partial charge in [-0.25, -0.2) is 4.98 Å². The highest BCUT2D eigenvalue weighted by Crippen LogP contribution is 2.21. The lowest BCUT2D eigenvalue weighted by Gasteiger charge is -2.01. The Labute approximate surface area is 118 Å². The Kier molecular flexibility index (Phi) is 3.19. The number of thiophene rings is 1. The summed E-state index contributed by atoms with van der Waals surface area (Å²) in [4.78, 5) is 20.0. The smallest absolute Gasteiger partial charge is 0.259 e. The minimum atomic E-state index is -0.182. The van der Waals surface area contributed by atoms with Crippen molar-refractivity contribution in [2.45, 2.75) is 0 Å². The third-order valence-electron chi connectivity index (χ3n) is 2.65. The van der Waals surface area contributed by atoms with Gasteiger partial charge in [0.05, 0.1) is 15.9 Å². The zero-order chi connectivity index (χ0) is 13.2. The molecule has 0 bridgehead atoms. The number of fused-ring (bicyclic) bond motifs is 1. The van der Waals surface area contributed by atoms with Crippen LogP contribution in [0.2, 0.25) is 0 Å². The van der Waals surface area contributed by atoms with E-state index in [0.717, 1.165) is 4.88 Å². The molecule has 0 unspecified atom stereocenters. The van der Waals surface area contributed by atoms with Crippen molar-refractivity contribution in [3.63, 3.8) is 0 Å². The number of H-pyrrole nitrogens is 1. The number of nitrogens with one attached hydrogen (secondary N) is 1. The molecule has 2 aromatic heterocycles. The molecule has 0 saturated carbocycles. The Morgan fingerprint density at radius 2 is 2.11 bits per heavy atom. The van der Waals surface area contributed by atoms with Crippen molar-refractivity contribution in [2.75, 3.05) is 0 Å². The van der Waals surface area contributed by atoms with Crippen molar-refractivity contribution in [3.05, 3.63) is 62.8 Å². The van der Waals surface area contributed by atoms with Crippen LogP contribution in [0.5, 0.6) is 0 Å². The summed E-state index contributed by atoms with van der Waals surface area (Å²) in [5.74, 6) is 0.388. The van der Waals surface area contributed by atoms with E-state index in [9.17, 15) is 4.79 Å². The van der Waals surface area contributed by atoms with Gasteiger partial charge < -0.3 is 4.98 Å². The van der Waals surface area contributed by atoms with E-state index in [0.29, 0.717) is 21.8 Å². The molecule has 0 aliphatic rings. The number of para-hydroxylation sites is 1. The third kappa shape index (κ3) is 2.45. The largest absolute Gasteiger partial charge is 0.305 e. The monoisotopic (exact) mass is 288 g/mol. The van der Waals surface area contributed by atoms with E-state index >= 15 is 0 Å². The molecule has 0 spiro atoms. The number of nitrogens with zero attached hydrogens (tertiary/aromatic N) is 1. The maximum atomic E-state index is 11.9. The number of hydrogen-bond acceptors (Lipinski definition) is 3. The van der Waals surface area contributed by atoms with Crippen molar-refractivity contribution in [1.29, 1.82) is 0 Å². The second-order valence-corrected chi connectivity index (χ2v) is 5.33. The minimum Gasteiger partial charge on any atom is -0.305 e. The standard InChI is InChI=1S/C14H9ClN2OS/c15-11(8-9-4-3-7-19-9)13-16-12-6-2-1-5-10(12)14(18)17-13/h1-8H,(H,16,17,18)/b11-8-. The van der Waals surface area contributed by atoms with E-state index in [2.05, 4.69) is 9.97 Å². The molecule has 1 aromatic carbocycles. The van der Waals surface area contributed by atoms with Crippen LogP contribution in [0.15, 0.2) is 46.6 Å². The Hall–Kier alpha value is -1.91. The average molecular weight is 289 g/mol. The summed E-state index contributed by atoms with van der Waals surface area (Å²) < 4.78 is 0. The Bertz CT molecular complexity index is 806. The lowest BCUT2D eigenvalue weighted by atomic mass is 10.2. The predicted molar refractivity (Wildman–Crippen MR) is 80.4 cm³/mol. The molecular formula is C14H9ClN2OS. The van der Waals surface area contributed by atoms with Gasteiger partial charge in [0, 0.05) is 4.88 Å². The van der Waals surface area contributed by atoms with Gasteiger partial charge in [0.1, 0.15) is 0 Å². The van der Waals surface area contributed by atoms with Crippen LogP contribution in [-0.2, 0) is 0 Å². The summed E-state index contributed by atoms with van der Waals surface area (Å²) >= 11 is 7.78. The molecule has 3 nitrogen and oxygen atoms in total. The molecule has 5 heteroatoms. The highest BCUT2D eigenvalue weighted by atomic mass is 35.5. The van der Waals surface area contributed by atoms with Gasteiger partial charge in [0.25, 0.3) is 5.56 Å². The molecular weight excluding hydrogens is 280 g/mol. The second kappa shape index (κ2) is 4.99. The fourth-order valence-electron chi connectivity index (χ4n) is 1.77. The highest BCUT2D eigenvalue weighted by molar-refractivity contribution is 7.11. The number of aromatic nitrogens is 2. The van der Waals surface area contributed by atoms with Crippen molar-refractivity contribution < 1.29 is 0 Å². The lowest BCUT2D eigenvalue weighted by Crippen LogP contribution is -2.10. The van der Waals surface area contributed by atoms with Crippen LogP contribution in [0, 0.1) is 0 Å². The molecule has 0 aliphatic heterocycles. The molecule has 0 atom stereocenters.